The fraction of sp³-hybridized carbons (Fsp3) is 0.111. The highest BCUT2D eigenvalue weighted by Gasteiger charge is 2.40. The van der Waals surface area contributed by atoms with Gasteiger partial charge in [-0.05, 0) is 31.2 Å². The van der Waals surface area contributed by atoms with Crippen LogP contribution in [0.5, 0.6) is 0 Å². The molecule has 144 valence electrons. The summed E-state index contributed by atoms with van der Waals surface area (Å²) in [4.78, 5) is 27.9. The van der Waals surface area contributed by atoms with Crippen molar-refractivity contribution in [1.82, 2.24) is 25.6 Å². The van der Waals surface area contributed by atoms with Crippen molar-refractivity contribution in [2.45, 2.75) is 13.1 Å². The molecule has 3 rings (SSSR count). The molecule has 0 aliphatic carbocycles. The zero-order valence-electron chi connectivity index (χ0n) is 14.5. The topological polar surface area (TPSA) is 88.9 Å². The number of pyridine rings is 1. The normalized spacial score (nSPS) is 11.1. The van der Waals surface area contributed by atoms with E-state index in [1.807, 2.05) is 10.9 Å². The minimum Gasteiger partial charge on any atom is -0.267 e. The lowest BCUT2D eigenvalue weighted by atomic mass is 10.2. The molecule has 0 bridgehead atoms. The number of rotatable bonds is 3. The van der Waals surface area contributed by atoms with Gasteiger partial charge < -0.3 is 0 Å². The smallest absolute Gasteiger partial charge is 0.267 e. The first kappa shape index (κ1) is 19.1. The molecule has 0 saturated heterocycles. The van der Waals surface area contributed by atoms with E-state index < -0.39 is 29.2 Å². The van der Waals surface area contributed by atoms with Crippen molar-refractivity contribution in [3.63, 3.8) is 0 Å². The standard InChI is InChI=1S/C18H14F3N5O2/c1-11-5-7-12(8-6-11)26-15(18(19,20)21)13(10-23-26)16(27)24-25-17(28)14-4-2-3-9-22-14/h2-10H,1H3,(H,24,27)(H,25,28). The zero-order valence-corrected chi connectivity index (χ0v) is 14.5. The number of hydrazine groups is 1. The van der Waals surface area contributed by atoms with Gasteiger partial charge in [-0.2, -0.15) is 18.3 Å². The van der Waals surface area contributed by atoms with E-state index in [4.69, 9.17) is 0 Å². The predicted molar refractivity (Wildman–Crippen MR) is 92.5 cm³/mol. The van der Waals surface area contributed by atoms with E-state index >= 15 is 0 Å². The number of amides is 2. The van der Waals surface area contributed by atoms with E-state index in [2.05, 4.69) is 10.1 Å². The minimum atomic E-state index is -4.85. The lowest BCUT2D eigenvalue weighted by Gasteiger charge is -2.13. The third kappa shape index (κ3) is 4.00. The van der Waals surface area contributed by atoms with Gasteiger partial charge in [0.2, 0.25) is 0 Å². The molecular weight excluding hydrogens is 375 g/mol. The molecule has 1 aromatic carbocycles. The Morgan fingerprint density at radius 3 is 2.29 bits per heavy atom. The number of aromatic nitrogens is 3. The van der Waals surface area contributed by atoms with Crippen LogP contribution < -0.4 is 10.9 Å². The third-order valence-electron chi connectivity index (χ3n) is 3.75. The van der Waals surface area contributed by atoms with Crippen LogP contribution in [0.1, 0.15) is 32.1 Å². The second-order valence-electron chi connectivity index (χ2n) is 5.78. The first-order valence-corrected chi connectivity index (χ1v) is 8.01. The number of aryl methyl sites for hydroxylation is 1. The number of carbonyl (C=O) groups is 2. The molecule has 0 spiro atoms. The third-order valence-corrected chi connectivity index (χ3v) is 3.75. The van der Waals surface area contributed by atoms with Crippen LogP contribution in [0.4, 0.5) is 13.2 Å². The maximum Gasteiger partial charge on any atom is 0.434 e. The van der Waals surface area contributed by atoms with Crippen molar-refractivity contribution in [2.75, 3.05) is 0 Å². The van der Waals surface area contributed by atoms with Gasteiger partial charge in [-0.25, -0.2) is 4.68 Å². The lowest BCUT2D eigenvalue weighted by Crippen LogP contribution is -2.42. The van der Waals surface area contributed by atoms with Gasteiger partial charge in [0.05, 0.1) is 17.4 Å². The van der Waals surface area contributed by atoms with Gasteiger partial charge >= 0.3 is 6.18 Å². The van der Waals surface area contributed by atoms with Gasteiger partial charge in [0.1, 0.15) is 5.69 Å². The fourth-order valence-corrected chi connectivity index (χ4v) is 2.41. The summed E-state index contributed by atoms with van der Waals surface area (Å²) in [5.74, 6) is -1.93. The maximum absolute atomic E-state index is 13.6. The molecule has 0 radical (unpaired) electrons. The quantitative estimate of drug-likeness (QED) is 0.674. The Morgan fingerprint density at radius 2 is 1.68 bits per heavy atom. The minimum absolute atomic E-state index is 0.00537. The molecule has 0 saturated carbocycles. The van der Waals surface area contributed by atoms with Crippen LogP contribution in [0.25, 0.3) is 5.69 Å². The largest absolute Gasteiger partial charge is 0.434 e. The second-order valence-corrected chi connectivity index (χ2v) is 5.78. The zero-order chi connectivity index (χ0) is 20.3. The number of nitrogens with one attached hydrogen (secondary N) is 2. The Balaban J connectivity index is 1.86. The number of halogens is 3. The van der Waals surface area contributed by atoms with Crippen LogP contribution >= 0.6 is 0 Å². The van der Waals surface area contributed by atoms with Gasteiger partial charge in [-0.15, -0.1) is 0 Å². The SMILES string of the molecule is Cc1ccc(-n2ncc(C(=O)NNC(=O)c3ccccn3)c2C(F)(F)F)cc1. The monoisotopic (exact) mass is 389 g/mol. The van der Waals surface area contributed by atoms with Crippen molar-refractivity contribution in [1.29, 1.82) is 0 Å². The summed E-state index contributed by atoms with van der Waals surface area (Å²) in [5.41, 5.74) is 3.01. The Labute approximate surface area is 157 Å². The number of benzene rings is 1. The van der Waals surface area contributed by atoms with Crippen LogP contribution in [-0.2, 0) is 6.18 Å². The summed E-state index contributed by atoms with van der Waals surface area (Å²) in [6.45, 7) is 1.79. The molecule has 2 N–H and O–H groups in total. The average molecular weight is 389 g/mol. The summed E-state index contributed by atoms with van der Waals surface area (Å²) in [7, 11) is 0. The molecule has 28 heavy (non-hydrogen) atoms. The molecular formula is C18H14F3N5O2. The Kier molecular flexibility index (Phi) is 5.12. The summed E-state index contributed by atoms with van der Waals surface area (Å²) < 4.78 is 41.4. The van der Waals surface area contributed by atoms with E-state index in [-0.39, 0.29) is 11.4 Å². The molecule has 0 unspecified atom stereocenters. The van der Waals surface area contributed by atoms with E-state index in [1.54, 1.807) is 31.2 Å². The van der Waals surface area contributed by atoms with Gasteiger partial charge in [0.15, 0.2) is 5.69 Å². The van der Waals surface area contributed by atoms with E-state index in [9.17, 15) is 22.8 Å². The Hall–Kier alpha value is -3.69. The first-order valence-electron chi connectivity index (χ1n) is 8.01. The number of alkyl halides is 3. The van der Waals surface area contributed by atoms with Crippen molar-refractivity contribution in [2.24, 2.45) is 0 Å². The molecule has 7 nitrogen and oxygen atoms in total. The number of carbonyl (C=O) groups excluding carboxylic acids is 2. The van der Waals surface area contributed by atoms with Crippen molar-refractivity contribution >= 4 is 11.8 Å². The van der Waals surface area contributed by atoms with E-state index in [1.165, 1.54) is 24.4 Å². The van der Waals surface area contributed by atoms with Crippen LogP contribution in [0, 0.1) is 6.92 Å². The molecule has 10 heteroatoms. The Morgan fingerprint density at radius 1 is 1.00 bits per heavy atom. The molecule has 2 amide bonds. The van der Waals surface area contributed by atoms with Crippen molar-refractivity contribution < 1.29 is 22.8 Å². The van der Waals surface area contributed by atoms with Gasteiger partial charge in [0.25, 0.3) is 11.8 Å². The van der Waals surface area contributed by atoms with Crippen LogP contribution in [0.2, 0.25) is 0 Å². The molecule has 0 atom stereocenters. The molecule has 2 heterocycles. The maximum atomic E-state index is 13.6. The van der Waals surface area contributed by atoms with Crippen molar-refractivity contribution in [3.05, 3.63) is 77.4 Å². The number of nitrogens with zero attached hydrogens (tertiary/aromatic N) is 3. The second kappa shape index (κ2) is 7.51. The van der Waals surface area contributed by atoms with Gasteiger partial charge in [-0.1, -0.05) is 23.8 Å². The highest BCUT2D eigenvalue weighted by atomic mass is 19.4. The summed E-state index contributed by atoms with van der Waals surface area (Å²) in [5, 5.41) is 3.70. The lowest BCUT2D eigenvalue weighted by molar-refractivity contribution is -0.143. The highest BCUT2D eigenvalue weighted by molar-refractivity contribution is 5.99. The predicted octanol–water partition coefficient (Wildman–Crippen LogP) is 2.67. The van der Waals surface area contributed by atoms with Gasteiger partial charge in [0, 0.05) is 6.20 Å². The summed E-state index contributed by atoms with van der Waals surface area (Å²) in [6.07, 6.45) is -2.69. The van der Waals surface area contributed by atoms with Gasteiger partial charge in [-0.3, -0.25) is 25.4 Å². The fourth-order valence-electron chi connectivity index (χ4n) is 2.41. The van der Waals surface area contributed by atoms with Crippen LogP contribution in [0.15, 0.2) is 54.9 Å². The Bertz CT molecular complexity index is 998. The van der Waals surface area contributed by atoms with Crippen molar-refractivity contribution in [3.8, 4) is 5.69 Å². The number of hydrogen-bond donors (Lipinski definition) is 2. The first-order chi connectivity index (χ1) is 13.3. The van der Waals surface area contributed by atoms with E-state index in [0.29, 0.717) is 4.68 Å². The number of hydrogen-bond acceptors (Lipinski definition) is 4. The average Bonchev–Trinajstić information content (AvgIpc) is 3.13. The van der Waals surface area contributed by atoms with Crippen LogP contribution in [-0.4, -0.2) is 26.6 Å². The highest BCUT2D eigenvalue weighted by Crippen LogP contribution is 2.33. The molecule has 0 aliphatic rings. The summed E-state index contributed by atoms with van der Waals surface area (Å²) in [6, 6.07) is 10.7. The van der Waals surface area contributed by atoms with E-state index in [0.717, 1.165) is 11.8 Å². The molecule has 3 aromatic rings. The molecule has 2 aromatic heterocycles. The summed E-state index contributed by atoms with van der Waals surface area (Å²) >= 11 is 0. The molecule has 0 aliphatic heterocycles. The van der Waals surface area contributed by atoms with Crippen LogP contribution in [0.3, 0.4) is 0 Å². The molecule has 0 fully saturated rings.